The molecule has 3 atom stereocenters. The van der Waals surface area contributed by atoms with Gasteiger partial charge in [-0.15, -0.1) is 0 Å². The monoisotopic (exact) mass is 594 g/mol. The highest BCUT2D eigenvalue weighted by atomic mass is 35.5. The summed E-state index contributed by atoms with van der Waals surface area (Å²) in [6.45, 7) is 14.6. The molecule has 0 spiro atoms. The first-order valence-corrected chi connectivity index (χ1v) is 19.1. The van der Waals surface area contributed by atoms with Crippen molar-refractivity contribution in [2.24, 2.45) is 5.92 Å². The summed E-state index contributed by atoms with van der Waals surface area (Å²) in [6, 6.07) is 6.20. The van der Waals surface area contributed by atoms with E-state index in [2.05, 4.69) is 47.3 Å². The molecule has 1 N–H and O–H groups in total. The highest BCUT2D eigenvalue weighted by Gasteiger charge is 2.40. The molecule has 2 saturated heterocycles. The molecule has 6 rings (SSSR count). The van der Waals surface area contributed by atoms with Crippen LogP contribution in [0.5, 0.6) is 0 Å². The number of nitrogens with zero attached hydrogens (tertiary/aromatic N) is 6. The normalized spacial score (nSPS) is 21.5. The fourth-order valence-corrected chi connectivity index (χ4v) is 7.68. The number of aromatic nitrogens is 5. The predicted octanol–water partition coefficient (Wildman–Crippen LogP) is 6.95. The molecule has 0 radical (unpaired) electrons. The molecule has 10 heteroatoms. The second-order valence-corrected chi connectivity index (χ2v) is 20.1. The molecule has 1 unspecified atom stereocenters. The number of ether oxygens (including phenoxy) is 1. The van der Waals surface area contributed by atoms with Gasteiger partial charge in [0, 0.05) is 55.7 Å². The highest BCUT2D eigenvalue weighted by molar-refractivity contribution is 6.76. The fraction of sp³-hybridized carbons (Fsp3) is 0.581. The second kappa shape index (κ2) is 10.7. The third-order valence-corrected chi connectivity index (χ3v) is 10.6. The van der Waals surface area contributed by atoms with Crippen molar-refractivity contribution in [3.8, 4) is 11.1 Å². The molecule has 2 aliphatic heterocycles. The Morgan fingerprint density at radius 1 is 1.10 bits per heavy atom. The van der Waals surface area contributed by atoms with E-state index < -0.39 is 13.7 Å². The Morgan fingerprint density at radius 2 is 1.83 bits per heavy atom. The van der Waals surface area contributed by atoms with Gasteiger partial charge in [-0.3, -0.25) is 4.68 Å². The zero-order valence-corrected chi connectivity index (χ0v) is 26.9. The summed E-state index contributed by atoms with van der Waals surface area (Å²) in [5.74, 6) is 1.74. The zero-order valence-electron chi connectivity index (χ0n) is 25.2. The topological polar surface area (TPSA) is 81.2 Å². The number of halogens is 1. The van der Waals surface area contributed by atoms with Gasteiger partial charge >= 0.3 is 0 Å². The molecule has 220 valence electrons. The van der Waals surface area contributed by atoms with Crippen molar-refractivity contribution < 1.29 is 9.84 Å². The molecular weight excluding hydrogens is 552 g/mol. The van der Waals surface area contributed by atoms with Crippen molar-refractivity contribution in [2.75, 3.05) is 11.5 Å². The standard InChI is InChI=1S/C31H43ClN6O2Si/c1-20-13-21-7-8-22(14-20)38(21)27-15-33-29-24(16-36(30(29)34-27)19-40-11-12-41(4,5)6)23-9-10-26-25(28(23)32)17-37(35-26)18-31(2,3)39/h9-10,15-17,20-22,39H,7-8,11-14,18-19H2,1-6H3/t20?,21-,22+. The molecule has 2 bridgehead atoms. The van der Waals surface area contributed by atoms with Crippen molar-refractivity contribution in [1.29, 1.82) is 0 Å². The van der Waals surface area contributed by atoms with Crippen molar-refractivity contribution >= 4 is 47.6 Å². The van der Waals surface area contributed by atoms with E-state index in [0.717, 1.165) is 57.6 Å². The first kappa shape index (κ1) is 28.6. The molecule has 0 aliphatic carbocycles. The maximum Gasteiger partial charge on any atom is 0.163 e. The number of anilines is 1. The van der Waals surface area contributed by atoms with Crippen LogP contribution in [0, 0.1) is 5.92 Å². The molecule has 3 aromatic heterocycles. The second-order valence-electron chi connectivity index (χ2n) is 14.1. The average molecular weight is 595 g/mol. The van der Waals surface area contributed by atoms with Gasteiger partial charge < -0.3 is 19.3 Å². The number of piperidine rings is 1. The molecular formula is C31H43ClN6O2Si. The summed E-state index contributed by atoms with van der Waals surface area (Å²) in [4.78, 5) is 12.8. The molecule has 2 fully saturated rings. The number of rotatable bonds is 9. The lowest BCUT2D eigenvalue weighted by Crippen LogP contribution is -2.43. The third kappa shape index (κ3) is 5.91. The summed E-state index contributed by atoms with van der Waals surface area (Å²) in [5.41, 5.74) is 3.40. The van der Waals surface area contributed by atoms with E-state index in [1.807, 2.05) is 24.5 Å². The van der Waals surface area contributed by atoms with Gasteiger partial charge in [-0.2, -0.15) is 5.10 Å². The number of fused-ring (bicyclic) bond motifs is 4. The molecule has 8 nitrogen and oxygen atoms in total. The smallest absolute Gasteiger partial charge is 0.163 e. The molecule has 1 aromatic carbocycles. The zero-order chi connectivity index (χ0) is 29.1. The molecule has 0 amide bonds. The molecule has 5 heterocycles. The van der Waals surface area contributed by atoms with Crippen molar-refractivity contribution in [3.05, 3.63) is 35.7 Å². The van der Waals surface area contributed by atoms with Crippen LogP contribution in [-0.4, -0.2) is 61.8 Å². The Balaban J connectivity index is 1.39. The van der Waals surface area contributed by atoms with Crippen molar-refractivity contribution in [3.63, 3.8) is 0 Å². The van der Waals surface area contributed by atoms with E-state index in [4.69, 9.17) is 26.3 Å². The number of hydrogen-bond donors (Lipinski definition) is 1. The van der Waals surface area contributed by atoms with Gasteiger partial charge in [-0.05, 0) is 57.6 Å². The van der Waals surface area contributed by atoms with E-state index in [0.29, 0.717) is 30.4 Å². The molecule has 0 saturated carbocycles. The Morgan fingerprint density at radius 3 is 2.51 bits per heavy atom. The summed E-state index contributed by atoms with van der Waals surface area (Å²) in [5, 5.41) is 16.4. The van der Waals surface area contributed by atoms with E-state index in [-0.39, 0.29) is 0 Å². The van der Waals surface area contributed by atoms with Gasteiger partial charge in [0.2, 0.25) is 0 Å². The summed E-state index contributed by atoms with van der Waals surface area (Å²) in [6.07, 6.45) is 10.9. The fourth-order valence-electron chi connectivity index (χ4n) is 6.62. The van der Waals surface area contributed by atoms with Gasteiger partial charge in [0.25, 0.3) is 0 Å². The number of hydrogen-bond acceptors (Lipinski definition) is 6. The van der Waals surface area contributed by atoms with Crippen LogP contribution in [-0.2, 0) is 18.0 Å². The molecule has 2 aliphatic rings. The Hall–Kier alpha value is -2.46. The minimum atomic E-state index is -1.20. The first-order valence-electron chi connectivity index (χ1n) is 15.0. The maximum absolute atomic E-state index is 10.3. The van der Waals surface area contributed by atoms with Crippen LogP contribution in [0.3, 0.4) is 0 Å². The third-order valence-electron chi connectivity index (χ3n) is 8.52. The lowest BCUT2D eigenvalue weighted by molar-refractivity contribution is 0.0580. The van der Waals surface area contributed by atoms with Crippen LogP contribution in [0.15, 0.2) is 30.7 Å². The van der Waals surface area contributed by atoms with E-state index in [1.165, 1.54) is 25.7 Å². The largest absolute Gasteiger partial charge is 0.389 e. The molecule has 41 heavy (non-hydrogen) atoms. The van der Waals surface area contributed by atoms with Crippen LogP contribution >= 0.6 is 11.6 Å². The van der Waals surface area contributed by atoms with E-state index in [9.17, 15) is 5.11 Å². The SMILES string of the molecule is CC1C[C@H]2CC[C@@H](C1)N2c1cnc2c(-c3ccc4nn(CC(C)(C)O)cc4c3Cl)cn(COCC[Si](C)(C)C)c2n1. The first-order chi connectivity index (χ1) is 19.4. The van der Waals surface area contributed by atoms with Gasteiger partial charge in [0.05, 0.1) is 28.9 Å². The van der Waals surface area contributed by atoms with E-state index in [1.54, 1.807) is 18.5 Å². The van der Waals surface area contributed by atoms with Gasteiger partial charge in [-0.25, -0.2) is 9.97 Å². The van der Waals surface area contributed by atoms with Gasteiger partial charge in [-0.1, -0.05) is 44.2 Å². The van der Waals surface area contributed by atoms with Crippen molar-refractivity contribution in [1.82, 2.24) is 24.3 Å². The Kier molecular flexibility index (Phi) is 7.45. The average Bonchev–Trinajstić information content (AvgIpc) is 3.52. The van der Waals surface area contributed by atoms with Gasteiger partial charge in [0.15, 0.2) is 5.65 Å². The van der Waals surface area contributed by atoms with Crippen LogP contribution in [0.4, 0.5) is 5.82 Å². The lowest BCUT2D eigenvalue weighted by Gasteiger charge is -2.38. The Bertz CT molecular complexity index is 1550. The maximum atomic E-state index is 10.3. The summed E-state index contributed by atoms with van der Waals surface area (Å²) in [7, 11) is -1.20. The summed E-state index contributed by atoms with van der Waals surface area (Å²) < 4.78 is 10.1. The molecule has 4 aromatic rings. The number of aliphatic hydroxyl groups is 1. The van der Waals surface area contributed by atoms with Crippen molar-refractivity contribution in [2.45, 2.75) is 103 Å². The summed E-state index contributed by atoms with van der Waals surface area (Å²) >= 11 is 7.05. The quantitative estimate of drug-likeness (QED) is 0.167. The predicted molar refractivity (Wildman–Crippen MR) is 169 cm³/mol. The van der Waals surface area contributed by atoms with Gasteiger partial charge in [0.1, 0.15) is 18.1 Å². The van der Waals surface area contributed by atoms with Crippen LogP contribution < -0.4 is 4.90 Å². The minimum absolute atomic E-state index is 0.382. The lowest BCUT2D eigenvalue weighted by atomic mass is 9.92. The van der Waals surface area contributed by atoms with Crippen LogP contribution in [0.2, 0.25) is 30.7 Å². The minimum Gasteiger partial charge on any atom is -0.389 e. The highest BCUT2D eigenvalue weighted by Crippen LogP contribution is 2.42. The Labute approximate surface area is 248 Å². The van der Waals surface area contributed by atoms with Crippen LogP contribution in [0.25, 0.3) is 33.2 Å². The van der Waals surface area contributed by atoms with E-state index >= 15 is 0 Å². The van der Waals surface area contributed by atoms with Crippen LogP contribution in [0.1, 0.15) is 46.5 Å². The number of benzene rings is 1.